The Balaban J connectivity index is 1.66. The van der Waals surface area contributed by atoms with Crippen molar-refractivity contribution in [2.45, 2.75) is 12.5 Å². The van der Waals surface area contributed by atoms with E-state index in [4.69, 9.17) is 9.73 Å². The van der Waals surface area contributed by atoms with E-state index in [-0.39, 0.29) is 6.10 Å². The van der Waals surface area contributed by atoms with Gasteiger partial charge in [0.05, 0.1) is 0 Å². The number of hydrogen-bond acceptors (Lipinski definition) is 3. The van der Waals surface area contributed by atoms with Gasteiger partial charge in [-0.1, -0.05) is 78.9 Å². The number of anilines is 2. The van der Waals surface area contributed by atoms with Crippen molar-refractivity contribution in [2.75, 3.05) is 4.90 Å². The van der Waals surface area contributed by atoms with E-state index >= 15 is 0 Å². The molecule has 0 fully saturated rings. The van der Waals surface area contributed by atoms with Crippen LogP contribution in [0.5, 0.6) is 5.75 Å². The van der Waals surface area contributed by atoms with E-state index in [9.17, 15) is 0 Å². The highest BCUT2D eigenvalue weighted by Crippen LogP contribution is 2.39. The monoisotopic (exact) mass is 390 g/mol. The molecule has 0 amide bonds. The average Bonchev–Trinajstić information content (AvgIpc) is 3.01. The highest BCUT2D eigenvalue weighted by atomic mass is 16.5. The molecule has 0 radical (unpaired) electrons. The molecule has 30 heavy (non-hydrogen) atoms. The zero-order chi connectivity index (χ0) is 20.2. The lowest BCUT2D eigenvalue weighted by Gasteiger charge is -2.28. The fourth-order valence-electron chi connectivity index (χ4n) is 3.79. The van der Waals surface area contributed by atoms with Crippen LogP contribution in [0, 0.1) is 0 Å². The Morgan fingerprint density at radius 2 is 1.17 bits per heavy atom. The Morgan fingerprint density at radius 1 is 0.633 bits per heavy atom. The summed E-state index contributed by atoms with van der Waals surface area (Å²) in [6.45, 7) is 0. The fourth-order valence-corrected chi connectivity index (χ4v) is 3.79. The van der Waals surface area contributed by atoms with E-state index in [0.717, 1.165) is 34.2 Å². The maximum Gasteiger partial charge on any atom is 0.145 e. The molecule has 1 aliphatic heterocycles. The van der Waals surface area contributed by atoms with Gasteiger partial charge in [-0.15, -0.1) is 0 Å². The van der Waals surface area contributed by atoms with Gasteiger partial charge in [0, 0.05) is 17.8 Å². The molecule has 0 bridgehead atoms. The second kappa shape index (κ2) is 8.26. The molecule has 0 N–H and O–H groups in total. The van der Waals surface area contributed by atoms with Crippen molar-refractivity contribution in [1.29, 1.82) is 0 Å². The average molecular weight is 390 g/mol. The lowest BCUT2D eigenvalue weighted by Crippen LogP contribution is -2.28. The number of hydrogen-bond donors (Lipinski definition) is 0. The molecule has 146 valence electrons. The third-order valence-corrected chi connectivity index (χ3v) is 5.21. The number of amidine groups is 1. The normalized spacial score (nSPS) is 15.3. The third-order valence-electron chi connectivity index (χ3n) is 5.21. The first-order valence-electron chi connectivity index (χ1n) is 10.2. The zero-order valence-electron chi connectivity index (χ0n) is 16.6. The van der Waals surface area contributed by atoms with Crippen LogP contribution in [0.1, 0.15) is 18.1 Å². The first-order valence-corrected chi connectivity index (χ1v) is 10.2. The minimum Gasteiger partial charge on any atom is -0.483 e. The smallest absolute Gasteiger partial charge is 0.145 e. The summed E-state index contributed by atoms with van der Waals surface area (Å²) in [7, 11) is 0. The Morgan fingerprint density at radius 3 is 1.80 bits per heavy atom. The van der Waals surface area contributed by atoms with E-state index in [1.54, 1.807) is 0 Å². The predicted octanol–water partition coefficient (Wildman–Crippen LogP) is 7.08. The van der Waals surface area contributed by atoms with Gasteiger partial charge in [-0.2, -0.15) is 0 Å². The largest absolute Gasteiger partial charge is 0.483 e. The first-order chi connectivity index (χ1) is 14.9. The summed E-state index contributed by atoms with van der Waals surface area (Å²) in [5.74, 6) is 1.76. The molecule has 3 nitrogen and oxygen atoms in total. The summed E-state index contributed by atoms with van der Waals surface area (Å²) >= 11 is 0. The van der Waals surface area contributed by atoms with Crippen molar-refractivity contribution >= 4 is 22.9 Å². The molecule has 5 rings (SSSR count). The molecule has 3 heteroatoms. The van der Waals surface area contributed by atoms with Gasteiger partial charge in [-0.05, 0) is 42.0 Å². The summed E-state index contributed by atoms with van der Waals surface area (Å²) in [5, 5.41) is 0. The molecular weight excluding hydrogens is 368 g/mol. The SMILES string of the molecule is c1ccc(C2CC(N(c3ccccc3)c3ccccc3)=Nc3ccccc3O2)cc1. The van der Waals surface area contributed by atoms with Crippen molar-refractivity contribution in [2.24, 2.45) is 4.99 Å². The van der Waals surface area contributed by atoms with E-state index < -0.39 is 0 Å². The van der Waals surface area contributed by atoms with Crippen LogP contribution in [-0.2, 0) is 0 Å². The van der Waals surface area contributed by atoms with Crippen LogP contribution < -0.4 is 9.64 Å². The number of aliphatic imine (C=N–C) groups is 1. The molecule has 1 unspecified atom stereocenters. The van der Waals surface area contributed by atoms with Gasteiger partial charge in [0.25, 0.3) is 0 Å². The molecular formula is C27H22N2O. The van der Waals surface area contributed by atoms with Gasteiger partial charge >= 0.3 is 0 Å². The van der Waals surface area contributed by atoms with Crippen LogP contribution in [0.3, 0.4) is 0 Å². The highest BCUT2D eigenvalue weighted by Gasteiger charge is 2.26. The topological polar surface area (TPSA) is 24.8 Å². The van der Waals surface area contributed by atoms with Gasteiger partial charge in [0.1, 0.15) is 23.4 Å². The molecule has 4 aromatic rings. The molecule has 0 aliphatic carbocycles. The van der Waals surface area contributed by atoms with Crippen LogP contribution >= 0.6 is 0 Å². The highest BCUT2D eigenvalue weighted by molar-refractivity contribution is 6.06. The Hall–Kier alpha value is -3.85. The van der Waals surface area contributed by atoms with Crippen molar-refractivity contribution in [3.8, 4) is 5.75 Å². The van der Waals surface area contributed by atoms with Crippen LogP contribution in [0.4, 0.5) is 17.1 Å². The number of rotatable bonds is 3. The van der Waals surface area contributed by atoms with Crippen LogP contribution in [0.15, 0.2) is 120 Å². The number of ether oxygens (including phenoxy) is 1. The summed E-state index contributed by atoms with van der Waals surface area (Å²) in [5.41, 5.74) is 4.15. The summed E-state index contributed by atoms with van der Waals surface area (Å²) in [4.78, 5) is 7.31. The van der Waals surface area contributed by atoms with Crippen molar-refractivity contribution in [3.63, 3.8) is 0 Å². The third kappa shape index (κ3) is 3.70. The summed E-state index contributed by atoms with van der Waals surface area (Å²) in [6, 6.07) is 39.1. The zero-order valence-corrected chi connectivity index (χ0v) is 16.6. The van der Waals surface area contributed by atoms with E-state index in [2.05, 4.69) is 77.7 Å². The Bertz CT molecular complexity index is 1100. The van der Waals surface area contributed by atoms with Gasteiger partial charge in [0.2, 0.25) is 0 Å². The molecule has 0 aromatic heterocycles. The molecule has 0 spiro atoms. The minimum absolute atomic E-state index is 0.122. The maximum absolute atomic E-state index is 6.45. The van der Waals surface area contributed by atoms with Crippen molar-refractivity contribution < 1.29 is 4.74 Å². The molecule has 1 aliphatic rings. The number of benzene rings is 4. The summed E-state index contributed by atoms with van der Waals surface area (Å²) < 4.78 is 6.45. The predicted molar refractivity (Wildman–Crippen MR) is 123 cm³/mol. The van der Waals surface area contributed by atoms with Crippen LogP contribution in [0.2, 0.25) is 0 Å². The number of fused-ring (bicyclic) bond motifs is 1. The quantitative estimate of drug-likeness (QED) is 0.373. The van der Waals surface area contributed by atoms with Crippen LogP contribution in [0.25, 0.3) is 0 Å². The van der Waals surface area contributed by atoms with Gasteiger partial charge in [-0.25, -0.2) is 4.99 Å². The van der Waals surface area contributed by atoms with Crippen molar-refractivity contribution in [3.05, 3.63) is 121 Å². The fraction of sp³-hybridized carbons (Fsp3) is 0.0741. The number of para-hydroxylation sites is 4. The molecule has 0 saturated carbocycles. The lowest BCUT2D eigenvalue weighted by molar-refractivity contribution is 0.217. The van der Waals surface area contributed by atoms with E-state index in [1.165, 1.54) is 0 Å². The summed E-state index contributed by atoms with van der Waals surface area (Å²) in [6.07, 6.45) is 0.534. The maximum atomic E-state index is 6.45. The standard InChI is InChI=1S/C27H22N2O/c1-4-12-21(13-5-1)26-20-27(28-24-18-10-11-19-25(24)30-26)29(22-14-6-2-7-15-22)23-16-8-3-9-17-23/h1-19,26H,20H2. The first kappa shape index (κ1) is 18.2. The molecule has 1 atom stereocenters. The Labute approximate surface area is 176 Å². The number of nitrogens with zero attached hydrogens (tertiary/aromatic N) is 2. The Kier molecular flexibility index (Phi) is 5.01. The van der Waals surface area contributed by atoms with Gasteiger partial charge in [0.15, 0.2) is 0 Å². The van der Waals surface area contributed by atoms with E-state index in [1.807, 2.05) is 42.5 Å². The second-order valence-corrected chi connectivity index (χ2v) is 7.22. The molecule has 0 saturated heterocycles. The molecule has 1 heterocycles. The molecule has 4 aromatic carbocycles. The van der Waals surface area contributed by atoms with Gasteiger partial charge in [-0.3, -0.25) is 4.90 Å². The van der Waals surface area contributed by atoms with Gasteiger partial charge < -0.3 is 4.74 Å². The lowest BCUT2D eigenvalue weighted by atomic mass is 10.0. The second-order valence-electron chi connectivity index (χ2n) is 7.22. The van der Waals surface area contributed by atoms with E-state index in [0.29, 0.717) is 6.42 Å². The minimum atomic E-state index is -0.122. The van der Waals surface area contributed by atoms with Crippen molar-refractivity contribution in [1.82, 2.24) is 0 Å². The van der Waals surface area contributed by atoms with Crippen LogP contribution in [-0.4, -0.2) is 5.84 Å².